The van der Waals surface area contributed by atoms with Crippen molar-refractivity contribution in [2.24, 2.45) is 7.05 Å². The van der Waals surface area contributed by atoms with Gasteiger partial charge in [-0.3, -0.25) is 14.8 Å². The summed E-state index contributed by atoms with van der Waals surface area (Å²) in [5.41, 5.74) is 3.73. The van der Waals surface area contributed by atoms with Crippen LogP contribution in [0.4, 0.5) is 11.4 Å². The molecule has 0 aliphatic heterocycles. The number of rotatable bonds is 5. The van der Waals surface area contributed by atoms with Gasteiger partial charge in [-0.15, -0.1) is 0 Å². The third kappa shape index (κ3) is 2.96. The molecule has 1 N–H and O–H groups in total. The van der Waals surface area contributed by atoms with Gasteiger partial charge in [0.05, 0.1) is 17.7 Å². The minimum atomic E-state index is -0.454. The number of nitrogens with zero attached hydrogens (tertiary/aromatic N) is 3. The second-order valence-corrected chi connectivity index (χ2v) is 4.77. The normalized spacial score (nSPS) is 10.5. The number of hydrogen-bond acceptors (Lipinski definition) is 5. The standard InChI is InChI=1S/C14H18N4O3/c1-9-12(10(2)17(3)16-9)8-15-11-5-6-14(21-4)13(7-11)18(19)20/h5-7,15H,8H2,1-4H3. The fourth-order valence-electron chi connectivity index (χ4n) is 2.21. The van der Waals surface area contributed by atoms with Gasteiger partial charge in [0.1, 0.15) is 0 Å². The Kier molecular flexibility index (Phi) is 4.11. The number of anilines is 1. The number of nitro groups is 1. The van der Waals surface area contributed by atoms with Crippen molar-refractivity contribution in [1.82, 2.24) is 9.78 Å². The van der Waals surface area contributed by atoms with E-state index in [1.807, 2.05) is 25.6 Å². The average molecular weight is 290 g/mol. The van der Waals surface area contributed by atoms with Crippen molar-refractivity contribution in [3.63, 3.8) is 0 Å². The van der Waals surface area contributed by atoms with Gasteiger partial charge in [-0.25, -0.2) is 0 Å². The number of benzene rings is 1. The van der Waals surface area contributed by atoms with E-state index < -0.39 is 4.92 Å². The lowest BCUT2D eigenvalue weighted by atomic mass is 10.2. The molecular weight excluding hydrogens is 272 g/mol. The van der Waals surface area contributed by atoms with E-state index in [2.05, 4.69) is 10.4 Å². The van der Waals surface area contributed by atoms with Gasteiger partial charge in [-0.05, 0) is 26.0 Å². The van der Waals surface area contributed by atoms with E-state index in [4.69, 9.17) is 4.74 Å². The van der Waals surface area contributed by atoms with Gasteiger partial charge in [-0.1, -0.05) is 0 Å². The van der Waals surface area contributed by atoms with E-state index in [0.29, 0.717) is 12.2 Å². The molecule has 7 nitrogen and oxygen atoms in total. The van der Waals surface area contributed by atoms with E-state index >= 15 is 0 Å². The number of nitro benzene ring substituents is 1. The Labute approximate surface area is 122 Å². The molecule has 0 amide bonds. The van der Waals surface area contributed by atoms with E-state index in [-0.39, 0.29) is 11.4 Å². The van der Waals surface area contributed by atoms with Crippen LogP contribution >= 0.6 is 0 Å². The first-order chi connectivity index (χ1) is 9.93. The molecule has 1 aromatic heterocycles. The monoisotopic (exact) mass is 290 g/mol. The molecule has 0 atom stereocenters. The quantitative estimate of drug-likeness (QED) is 0.676. The smallest absolute Gasteiger partial charge is 0.312 e. The maximum Gasteiger partial charge on any atom is 0.312 e. The first kappa shape index (κ1) is 14.8. The van der Waals surface area contributed by atoms with Crippen LogP contribution in [0.5, 0.6) is 5.75 Å². The highest BCUT2D eigenvalue weighted by Gasteiger charge is 2.15. The molecule has 2 rings (SSSR count). The summed E-state index contributed by atoms with van der Waals surface area (Å²) in [7, 11) is 3.31. The molecule has 7 heteroatoms. The number of aryl methyl sites for hydroxylation is 2. The molecule has 0 spiro atoms. The minimum absolute atomic E-state index is 0.0536. The molecule has 0 saturated heterocycles. The number of methoxy groups -OCH3 is 1. The molecule has 2 aromatic rings. The Morgan fingerprint density at radius 3 is 2.67 bits per heavy atom. The number of ether oxygens (including phenoxy) is 1. The fourth-order valence-corrected chi connectivity index (χ4v) is 2.21. The summed E-state index contributed by atoms with van der Waals surface area (Å²) in [6, 6.07) is 4.82. The van der Waals surface area contributed by atoms with Crippen molar-refractivity contribution in [2.75, 3.05) is 12.4 Å². The number of nitrogens with one attached hydrogen (secondary N) is 1. The van der Waals surface area contributed by atoms with Crippen molar-refractivity contribution in [3.05, 3.63) is 45.3 Å². The third-order valence-electron chi connectivity index (χ3n) is 3.50. The lowest BCUT2D eigenvalue weighted by Gasteiger charge is -2.08. The summed E-state index contributed by atoms with van der Waals surface area (Å²) < 4.78 is 6.81. The molecule has 0 saturated carbocycles. The van der Waals surface area contributed by atoms with Gasteiger partial charge in [-0.2, -0.15) is 5.10 Å². The maximum atomic E-state index is 11.0. The molecule has 0 radical (unpaired) electrons. The van der Waals surface area contributed by atoms with Crippen LogP contribution in [-0.2, 0) is 13.6 Å². The van der Waals surface area contributed by atoms with Crippen LogP contribution < -0.4 is 10.1 Å². The highest BCUT2D eigenvalue weighted by Crippen LogP contribution is 2.30. The van der Waals surface area contributed by atoms with E-state index in [1.165, 1.54) is 13.2 Å². The molecular formula is C14H18N4O3. The van der Waals surface area contributed by atoms with Crippen LogP contribution in [0, 0.1) is 24.0 Å². The molecule has 0 fully saturated rings. The lowest BCUT2D eigenvalue weighted by molar-refractivity contribution is -0.385. The van der Waals surface area contributed by atoms with Crippen molar-refractivity contribution in [2.45, 2.75) is 20.4 Å². The van der Waals surface area contributed by atoms with E-state index in [1.54, 1.807) is 12.1 Å². The molecule has 0 bridgehead atoms. The van der Waals surface area contributed by atoms with Crippen molar-refractivity contribution in [1.29, 1.82) is 0 Å². The van der Waals surface area contributed by atoms with Crippen molar-refractivity contribution >= 4 is 11.4 Å². The van der Waals surface area contributed by atoms with Crippen LogP contribution in [0.25, 0.3) is 0 Å². The predicted octanol–water partition coefficient (Wildman–Crippen LogP) is 2.57. The molecule has 112 valence electrons. The summed E-state index contributed by atoms with van der Waals surface area (Å²) >= 11 is 0. The predicted molar refractivity (Wildman–Crippen MR) is 79.7 cm³/mol. The number of hydrogen-bond donors (Lipinski definition) is 1. The van der Waals surface area contributed by atoms with E-state index in [9.17, 15) is 10.1 Å². The first-order valence-electron chi connectivity index (χ1n) is 6.49. The SMILES string of the molecule is COc1ccc(NCc2c(C)nn(C)c2C)cc1[N+](=O)[O-]. The summed E-state index contributed by atoms with van der Waals surface area (Å²) in [5, 5.41) is 18.5. The highest BCUT2D eigenvalue weighted by molar-refractivity contribution is 5.58. The topological polar surface area (TPSA) is 82.2 Å². The molecule has 0 aliphatic carbocycles. The van der Waals surface area contributed by atoms with Crippen LogP contribution in [-0.4, -0.2) is 21.8 Å². The molecule has 1 aromatic carbocycles. The van der Waals surface area contributed by atoms with Crippen LogP contribution in [0.2, 0.25) is 0 Å². The summed E-state index contributed by atoms with van der Waals surface area (Å²) in [6.07, 6.45) is 0. The van der Waals surface area contributed by atoms with Gasteiger partial charge >= 0.3 is 5.69 Å². The van der Waals surface area contributed by atoms with Gasteiger partial charge in [0.25, 0.3) is 0 Å². The van der Waals surface area contributed by atoms with Gasteiger partial charge in [0.2, 0.25) is 0 Å². The number of aromatic nitrogens is 2. The second kappa shape index (κ2) is 5.82. The van der Waals surface area contributed by atoms with Gasteiger partial charge in [0.15, 0.2) is 5.75 Å². The van der Waals surface area contributed by atoms with E-state index in [0.717, 1.165) is 17.0 Å². The lowest BCUT2D eigenvalue weighted by Crippen LogP contribution is -2.03. The zero-order valence-electron chi connectivity index (χ0n) is 12.5. The molecule has 21 heavy (non-hydrogen) atoms. The second-order valence-electron chi connectivity index (χ2n) is 4.77. The Hall–Kier alpha value is -2.57. The fraction of sp³-hybridized carbons (Fsp3) is 0.357. The van der Waals surface area contributed by atoms with Crippen LogP contribution in [0.15, 0.2) is 18.2 Å². The Morgan fingerprint density at radius 2 is 2.14 bits per heavy atom. The Balaban J connectivity index is 2.20. The summed E-state index contributed by atoms with van der Waals surface area (Å²) in [6.45, 7) is 4.50. The molecule has 1 heterocycles. The minimum Gasteiger partial charge on any atom is -0.490 e. The zero-order valence-corrected chi connectivity index (χ0v) is 12.5. The average Bonchev–Trinajstić information content (AvgIpc) is 2.70. The van der Waals surface area contributed by atoms with Crippen LogP contribution in [0.3, 0.4) is 0 Å². The molecule has 0 aliphatic rings. The Bertz CT molecular complexity index is 679. The summed E-state index contributed by atoms with van der Waals surface area (Å²) in [4.78, 5) is 10.5. The first-order valence-corrected chi connectivity index (χ1v) is 6.49. The summed E-state index contributed by atoms with van der Waals surface area (Å²) in [5.74, 6) is 0.249. The third-order valence-corrected chi connectivity index (χ3v) is 3.50. The zero-order chi connectivity index (χ0) is 15.6. The highest BCUT2D eigenvalue weighted by atomic mass is 16.6. The maximum absolute atomic E-state index is 11.0. The van der Waals surface area contributed by atoms with Crippen molar-refractivity contribution < 1.29 is 9.66 Å². The van der Waals surface area contributed by atoms with Gasteiger partial charge in [0, 0.05) is 36.6 Å². The Morgan fingerprint density at radius 1 is 1.43 bits per heavy atom. The van der Waals surface area contributed by atoms with Crippen molar-refractivity contribution in [3.8, 4) is 5.75 Å². The molecule has 0 unspecified atom stereocenters. The van der Waals surface area contributed by atoms with Gasteiger partial charge < -0.3 is 10.1 Å². The largest absolute Gasteiger partial charge is 0.490 e. The van der Waals surface area contributed by atoms with Crippen LogP contribution in [0.1, 0.15) is 17.0 Å².